The molecule has 1 aliphatic heterocycles. The van der Waals surface area contributed by atoms with Gasteiger partial charge < -0.3 is 14.5 Å². The van der Waals surface area contributed by atoms with Crippen LogP contribution in [0.25, 0.3) is 0 Å². The topological polar surface area (TPSA) is 75.9 Å². The van der Waals surface area contributed by atoms with Gasteiger partial charge in [-0.2, -0.15) is 0 Å². The third kappa shape index (κ3) is 3.84. The van der Waals surface area contributed by atoms with Gasteiger partial charge in [-0.15, -0.1) is 0 Å². The number of hydrogen-bond donors (Lipinski definition) is 0. The molecule has 0 spiro atoms. The zero-order chi connectivity index (χ0) is 15.2. The second-order valence-electron chi connectivity index (χ2n) is 4.86. The molecule has 0 aromatic heterocycles. The van der Waals surface area contributed by atoms with Gasteiger partial charge >= 0.3 is 6.09 Å². The Morgan fingerprint density at radius 1 is 1.24 bits per heavy atom. The van der Waals surface area contributed by atoms with Crippen LogP contribution in [0.15, 0.2) is 24.3 Å². The van der Waals surface area contributed by atoms with E-state index in [1.807, 2.05) is 6.92 Å². The second kappa shape index (κ2) is 6.92. The number of piperazine rings is 1. The smallest absolute Gasteiger partial charge is 0.409 e. The SMILES string of the molecule is CCCOC(=O)N1CCN(c2ccc([N+](=O)[O-])cc2)CC1. The minimum atomic E-state index is -0.411. The lowest BCUT2D eigenvalue weighted by Gasteiger charge is -2.35. The van der Waals surface area contributed by atoms with Gasteiger partial charge in [0.2, 0.25) is 0 Å². The summed E-state index contributed by atoms with van der Waals surface area (Å²) in [5, 5.41) is 10.6. The molecule has 1 aliphatic rings. The van der Waals surface area contributed by atoms with E-state index in [0.29, 0.717) is 32.8 Å². The normalized spacial score (nSPS) is 14.9. The van der Waals surface area contributed by atoms with E-state index in [-0.39, 0.29) is 11.8 Å². The number of benzene rings is 1. The van der Waals surface area contributed by atoms with Crippen molar-refractivity contribution >= 4 is 17.5 Å². The Labute approximate surface area is 123 Å². The molecule has 0 unspecified atom stereocenters. The number of ether oxygens (including phenoxy) is 1. The molecule has 0 radical (unpaired) electrons. The largest absolute Gasteiger partial charge is 0.449 e. The molecule has 2 rings (SSSR count). The molecule has 0 atom stereocenters. The molecule has 1 aromatic rings. The Bertz CT molecular complexity index is 495. The van der Waals surface area contributed by atoms with Crippen molar-refractivity contribution in [3.63, 3.8) is 0 Å². The highest BCUT2D eigenvalue weighted by atomic mass is 16.6. The lowest BCUT2D eigenvalue weighted by molar-refractivity contribution is -0.384. The Hall–Kier alpha value is -2.31. The van der Waals surface area contributed by atoms with Crippen LogP contribution in [0.1, 0.15) is 13.3 Å². The first-order chi connectivity index (χ1) is 10.1. The molecular formula is C14H19N3O4. The van der Waals surface area contributed by atoms with Crippen molar-refractivity contribution < 1.29 is 14.5 Å². The Morgan fingerprint density at radius 2 is 1.86 bits per heavy atom. The molecule has 1 saturated heterocycles. The van der Waals surface area contributed by atoms with Gasteiger partial charge in [0, 0.05) is 44.0 Å². The predicted molar refractivity (Wildman–Crippen MR) is 78.5 cm³/mol. The van der Waals surface area contributed by atoms with Crippen LogP contribution in [0.5, 0.6) is 0 Å². The van der Waals surface area contributed by atoms with Crippen molar-refractivity contribution in [1.29, 1.82) is 0 Å². The van der Waals surface area contributed by atoms with Gasteiger partial charge in [0.25, 0.3) is 5.69 Å². The fraction of sp³-hybridized carbons (Fsp3) is 0.500. The standard InChI is InChI=1S/C14H19N3O4/c1-2-11-21-14(18)16-9-7-15(8-10-16)12-3-5-13(6-4-12)17(19)20/h3-6H,2,7-11H2,1H3. The van der Waals surface area contributed by atoms with Gasteiger partial charge in [-0.3, -0.25) is 10.1 Å². The van der Waals surface area contributed by atoms with E-state index < -0.39 is 4.92 Å². The fourth-order valence-electron chi connectivity index (χ4n) is 2.21. The van der Waals surface area contributed by atoms with Crippen LogP contribution in [-0.2, 0) is 4.74 Å². The summed E-state index contributed by atoms with van der Waals surface area (Å²) < 4.78 is 5.11. The number of carbonyl (C=O) groups excluding carboxylic acids is 1. The summed E-state index contributed by atoms with van der Waals surface area (Å²) in [5.41, 5.74) is 1.02. The van der Waals surface area contributed by atoms with E-state index in [0.717, 1.165) is 12.1 Å². The van der Waals surface area contributed by atoms with Gasteiger partial charge in [0.1, 0.15) is 0 Å². The van der Waals surface area contributed by atoms with Crippen LogP contribution in [0.3, 0.4) is 0 Å². The summed E-state index contributed by atoms with van der Waals surface area (Å²) in [6, 6.07) is 6.47. The Morgan fingerprint density at radius 3 is 2.38 bits per heavy atom. The predicted octanol–water partition coefficient (Wildman–Crippen LogP) is 2.26. The molecule has 0 aliphatic carbocycles. The van der Waals surface area contributed by atoms with Crippen LogP contribution in [0.2, 0.25) is 0 Å². The van der Waals surface area contributed by atoms with Gasteiger partial charge in [-0.1, -0.05) is 6.92 Å². The van der Waals surface area contributed by atoms with Crippen LogP contribution in [0, 0.1) is 10.1 Å². The van der Waals surface area contributed by atoms with Crippen molar-refractivity contribution in [1.82, 2.24) is 4.90 Å². The monoisotopic (exact) mass is 293 g/mol. The van der Waals surface area contributed by atoms with Gasteiger partial charge in [0.15, 0.2) is 0 Å². The van der Waals surface area contributed by atoms with Gasteiger partial charge in [0.05, 0.1) is 11.5 Å². The van der Waals surface area contributed by atoms with E-state index in [4.69, 9.17) is 4.74 Å². The summed E-state index contributed by atoms with van der Waals surface area (Å²) in [5.74, 6) is 0. The zero-order valence-electron chi connectivity index (χ0n) is 12.0. The molecule has 114 valence electrons. The number of hydrogen-bond acceptors (Lipinski definition) is 5. The maximum absolute atomic E-state index is 11.7. The first-order valence-corrected chi connectivity index (χ1v) is 7.03. The van der Waals surface area contributed by atoms with E-state index in [9.17, 15) is 14.9 Å². The summed E-state index contributed by atoms with van der Waals surface area (Å²) in [6.07, 6.45) is 0.550. The number of anilines is 1. The molecule has 0 bridgehead atoms. The minimum Gasteiger partial charge on any atom is -0.449 e. The molecule has 1 aromatic carbocycles. The lowest BCUT2D eigenvalue weighted by Crippen LogP contribution is -2.49. The Balaban J connectivity index is 1.88. The highest BCUT2D eigenvalue weighted by Crippen LogP contribution is 2.20. The number of amides is 1. The molecule has 7 heteroatoms. The molecule has 0 saturated carbocycles. The fourth-order valence-corrected chi connectivity index (χ4v) is 2.21. The average molecular weight is 293 g/mol. The van der Waals surface area contributed by atoms with E-state index in [1.54, 1.807) is 17.0 Å². The minimum absolute atomic E-state index is 0.0838. The molecule has 1 fully saturated rings. The highest BCUT2D eigenvalue weighted by Gasteiger charge is 2.22. The number of carbonyl (C=O) groups is 1. The van der Waals surface area contributed by atoms with Crippen molar-refractivity contribution in [3.05, 3.63) is 34.4 Å². The first-order valence-electron chi connectivity index (χ1n) is 7.03. The number of nitro groups is 1. The summed E-state index contributed by atoms with van der Waals surface area (Å²) in [4.78, 5) is 25.7. The molecule has 0 N–H and O–H groups in total. The average Bonchev–Trinajstić information content (AvgIpc) is 2.53. The van der Waals surface area contributed by atoms with Crippen LogP contribution in [-0.4, -0.2) is 48.7 Å². The maximum atomic E-state index is 11.7. The second-order valence-corrected chi connectivity index (χ2v) is 4.86. The van der Waals surface area contributed by atoms with Crippen LogP contribution < -0.4 is 4.90 Å². The van der Waals surface area contributed by atoms with Crippen LogP contribution >= 0.6 is 0 Å². The number of nitro benzene ring substituents is 1. The van der Waals surface area contributed by atoms with Crippen LogP contribution in [0.4, 0.5) is 16.2 Å². The maximum Gasteiger partial charge on any atom is 0.409 e. The van der Waals surface area contributed by atoms with Crippen molar-refractivity contribution in [2.24, 2.45) is 0 Å². The first kappa shape index (κ1) is 15.1. The van der Waals surface area contributed by atoms with E-state index in [1.165, 1.54) is 12.1 Å². The summed E-state index contributed by atoms with van der Waals surface area (Å²) >= 11 is 0. The summed E-state index contributed by atoms with van der Waals surface area (Å²) in [7, 11) is 0. The van der Waals surface area contributed by atoms with Gasteiger partial charge in [-0.05, 0) is 18.6 Å². The van der Waals surface area contributed by atoms with Crippen molar-refractivity contribution in [3.8, 4) is 0 Å². The van der Waals surface area contributed by atoms with E-state index in [2.05, 4.69) is 4.90 Å². The quantitative estimate of drug-likeness (QED) is 0.628. The highest BCUT2D eigenvalue weighted by molar-refractivity contribution is 5.68. The third-order valence-electron chi connectivity index (χ3n) is 3.39. The van der Waals surface area contributed by atoms with Crippen molar-refractivity contribution in [2.75, 3.05) is 37.7 Å². The number of rotatable bonds is 4. The van der Waals surface area contributed by atoms with E-state index >= 15 is 0 Å². The number of non-ortho nitro benzene ring substituents is 1. The van der Waals surface area contributed by atoms with Crippen molar-refractivity contribution in [2.45, 2.75) is 13.3 Å². The summed E-state index contributed by atoms with van der Waals surface area (Å²) in [6.45, 7) is 4.98. The molecular weight excluding hydrogens is 274 g/mol. The third-order valence-corrected chi connectivity index (χ3v) is 3.39. The zero-order valence-corrected chi connectivity index (χ0v) is 12.0. The Kier molecular flexibility index (Phi) is 4.97. The lowest BCUT2D eigenvalue weighted by atomic mass is 10.2. The molecule has 1 amide bonds. The molecule has 21 heavy (non-hydrogen) atoms. The van der Waals surface area contributed by atoms with Gasteiger partial charge in [-0.25, -0.2) is 4.79 Å². The number of nitrogens with zero attached hydrogens (tertiary/aromatic N) is 3. The molecule has 7 nitrogen and oxygen atoms in total. The molecule has 1 heterocycles.